The van der Waals surface area contributed by atoms with E-state index in [2.05, 4.69) is 0 Å². The van der Waals surface area contributed by atoms with Gasteiger partial charge in [-0.25, -0.2) is 28.8 Å². The molecule has 2 atom stereocenters. The first kappa shape index (κ1) is 50.8. The van der Waals surface area contributed by atoms with Crippen LogP contribution in [0, 0.1) is 0 Å². The maximum Gasteiger partial charge on any atom is 0.349 e. The van der Waals surface area contributed by atoms with Crippen LogP contribution in [-0.2, 0) is 71.5 Å². The van der Waals surface area contributed by atoms with E-state index < -0.39 is 99.2 Å². The highest BCUT2D eigenvalue weighted by atomic mass is 16.6. The molecule has 0 radical (unpaired) electrons. The first-order valence-electron chi connectivity index (χ1n) is 21.3. The summed E-state index contributed by atoms with van der Waals surface area (Å²) in [5, 5.41) is 2.85. The van der Waals surface area contributed by atoms with Crippen molar-refractivity contribution in [3.8, 4) is 11.5 Å². The minimum Gasteiger partial charge on any atom is -0.463 e. The highest BCUT2D eigenvalue weighted by molar-refractivity contribution is 5.90. The number of rotatable bonds is 26. The van der Waals surface area contributed by atoms with E-state index in [0.717, 1.165) is 49.3 Å². The lowest BCUT2D eigenvalue weighted by molar-refractivity contribution is -0.162. The molecule has 4 aromatic rings. The molecule has 17 nitrogen and oxygen atoms in total. The molecule has 4 rings (SSSR count). The Labute approximate surface area is 375 Å². The van der Waals surface area contributed by atoms with E-state index >= 15 is 0 Å². The molecule has 17 heteroatoms. The van der Waals surface area contributed by atoms with Gasteiger partial charge in [-0.1, -0.05) is 88.1 Å². The molecule has 0 spiro atoms. The van der Waals surface area contributed by atoms with Crippen molar-refractivity contribution in [1.82, 2.24) is 0 Å². The number of fused-ring (bicyclic) bond motifs is 2. The zero-order valence-electron chi connectivity index (χ0n) is 36.9. The molecule has 4 aromatic carbocycles. The standard InChI is InChI=1S/C48H54O17/c1-5-7-9-19-58-43(51)27-62-47(55)31(3)34-13-14-37-23-39(18-16-36(37)21-34)64-45(53)29-60-41(49)25-57-26-42(50)61-30-46(54)65-40-17-15-33-11-12-35(22-38(33)24-40)32(4)48(56)63-28-44(52)59-20-10-8-6-2/h11-18,21-24,31-32H,5-10,19-20,25-30H2,1-4H3. The molecule has 0 aliphatic carbocycles. The molecule has 0 fully saturated rings. The zero-order chi connectivity index (χ0) is 47.1. The molecule has 0 N–H and O–H groups in total. The Bertz CT molecular complexity index is 2300. The average Bonchev–Trinajstić information content (AvgIpc) is 3.30. The second-order valence-electron chi connectivity index (χ2n) is 14.8. The van der Waals surface area contributed by atoms with Crippen LogP contribution in [0.1, 0.15) is 89.2 Å². The normalized spacial score (nSPS) is 11.8. The van der Waals surface area contributed by atoms with Crippen LogP contribution in [0.2, 0.25) is 0 Å². The largest absolute Gasteiger partial charge is 0.463 e. The molecule has 0 aromatic heterocycles. The summed E-state index contributed by atoms with van der Waals surface area (Å²) in [7, 11) is 0. The minimum atomic E-state index is -0.976. The topological polar surface area (TPSA) is 220 Å². The molecular formula is C48H54O17. The van der Waals surface area contributed by atoms with E-state index in [1.54, 1.807) is 74.5 Å². The van der Waals surface area contributed by atoms with E-state index in [4.69, 9.17) is 42.6 Å². The Balaban J connectivity index is 1.12. The molecule has 65 heavy (non-hydrogen) atoms. The number of hydrogen-bond acceptors (Lipinski definition) is 17. The van der Waals surface area contributed by atoms with E-state index in [-0.39, 0.29) is 24.7 Å². The lowest BCUT2D eigenvalue weighted by Gasteiger charge is -2.13. The number of esters is 8. The summed E-state index contributed by atoms with van der Waals surface area (Å²) in [6.07, 6.45) is 5.32. The van der Waals surface area contributed by atoms with Gasteiger partial charge in [-0.2, -0.15) is 0 Å². The summed E-state index contributed by atoms with van der Waals surface area (Å²) in [6.45, 7) is 4.01. The summed E-state index contributed by atoms with van der Waals surface area (Å²) in [5.74, 6) is -7.21. The summed E-state index contributed by atoms with van der Waals surface area (Å²) in [6, 6.07) is 20.0. The molecule has 0 aliphatic heterocycles. The van der Waals surface area contributed by atoms with Crippen LogP contribution in [0.15, 0.2) is 72.8 Å². The van der Waals surface area contributed by atoms with Gasteiger partial charge >= 0.3 is 47.8 Å². The number of benzene rings is 4. The third kappa shape index (κ3) is 17.7. The van der Waals surface area contributed by atoms with Crippen molar-refractivity contribution >= 4 is 69.3 Å². The fraction of sp³-hybridized carbons (Fsp3) is 0.417. The number of carbonyl (C=O) groups is 8. The lowest BCUT2D eigenvalue weighted by atomic mass is 9.98. The average molecular weight is 903 g/mol. The Hall–Kier alpha value is -6.88. The summed E-state index contributed by atoms with van der Waals surface area (Å²) in [5.41, 5.74) is 1.25. The predicted octanol–water partition coefficient (Wildman–Crippen LogP) is 6.37. The van der Waals surface area contributed by atoms with Crippen molar-refractivity contribution in [2.45, 2.75) is 78.1 Å². The van der Waals surface area contributed by atoms with Crippen LogP contribution in [0.4, 0.5) is 0 Å². The fourth-order valence-electron chi connectivity index (χ4n) is 5.99. The van der Waals surface area contributed by atoms with E-state index in [0.29, 0.717) is 21.9 Å². The number of ether oxygens (including phenoxy) is 9. The fourth-order valence-corrected chi connectivity index (χ4v) is 5.99. The summed E-state index contributed by atoms with van der Waals surface area (Å²) in [4.78, 5) is 97.9. The highest BCUT2D eigenvalue weighted by Crippen LogP contribution is 2.28. The van der Waals surface area contributed by atoms with Gasteiger partial charge in [0.1, 0.15) is 24.7 Å². The first-order valence-corrected chi connectivity index (χ1v) is 21.3. The number of unbranched alkanes of at least 4 members (excludes halogenated alkanes) is 4. The Kier molecular flexibility index (Phi) is 20.8. The third-order valence-corrected chi connectivity index (χ3v) is 9.67. The van der Waals surface area contributed by atoms with Crippen molar-refractivity contribution in [3.05, 3.63) is 83.9 Å². The van der Waals surface area contributed by atoms with Crippen molar-refractivity contribution in [1.29, 1.82) is 0 Å². The van der Waals surface area contributed by atoms with Crippen molar-refractivity contribution in [2.75, 3.05) is 52.9 Å². The molecule has 2 unspecified atom stereocenters. The molecule has 0 amide bonds. The zero-order valence-corrected chi connectivity index (χ0v) is 36.9. The van der Waals surface area contributed by atoms with Crippen LogP contribution >= 0.6 is 0 Å². The number of hydrogen-bond donors (Lipinski definition) is 0. The Morgan fingerprint density at radius 2 is 0.785 bits per heavy atom. The maximum absolute atomic E-state index is 12.6. The molecule has 0 saturated carbocycles. The second-order valence-corrected chi connectivity index (χ2v) is 14.8. The highest BCUT2D eigenvalue weighted by Gasteiger charge is 2.21. The Morgan fingerprint density at radius 3 is 1.28 bits per heavy atom. The first-order chi connectivity index (χ1) is 31.3. The van der Waals surface area contributed by atoms with Gasteiger partial charge in [0.25, 0.3) is 0 Å². The van der Waals surface area contributed by atoms with Gasteiger partial charge in [0, 0.05) is 0 Å². The van der Waals surface area contributed by atoms with Gasteiger partial charge in [0.15, 0.2) is 26.4 Å². The van der Waals surface area contributed by atoms with Gasteiger partial charge in [-0.05, 0) is 83.6 Å². The Morgan fingerprint density at radius 1 is 0.400 bits per heavy atom. The quantitative estimate of drug-likeness (QED) is 0.0289. The molecule has 0 heterocycles. The molecule has 348 valence electrons. The van der Waals surface area contributed by atoms with E-state index in [1.165, 1.54) is 12.1 Å². The van der Waals surface area contributed by atoms with Crippen molar-refractivity contribution < 1.29 is 81.0 Å². The minimum absolute atomic E-state index is 0.144. The van der Waals surface area contributed by atoms with Gasteiger partial charge in [0.2, 0.25) is 0 Å². The molecule has 0 bridgehead atoms. The SMILES string of the molecule is CCCCCOC(=O)COC(=O)C(C)c1ccc2cc(OC(=O)COC(=O)COCC(=O)OCC(=O)Oc3ccc4ccc(C(C)C(=O)OCC(=O)OCCCCC)cc4c3)ccc2c1. The molecular weight excluding hydrogens is 849 g/mol. The van der Waals surface area contributed by atoms with Gasteiger partial charge in [0.05, 0.1) is 25.0 Å². The summed E-state index contributed by atoms with van der Waals surface area (Å²) < 4.78 is 45.7. The number of carbonyl (C=O) groups excluding carboxylic acids is 8. The van der Waals surface area contributed by atoms with Gasteiger partial charge in [-0.15, -0.1) is 0 Å². The monoisotopic (exact) mass is 902 g/mol. The van der Waals surface area contributed by atoms with Crippen LogP contribution < -0.4 is 9.47 Å². The predicted molar refractivity (Wildman–Crippen MR) is 232 cm³/mol. The van der Waals surface area contributed by atoms with Gasteiger partial charge in [-0.3, -0.25) is 9.59 Å². The maximum atomic E-state index is 12.6. The smallest absolute Gasteiger partial charge is 0.349 e. The molecule has 0 aliphatic rings. The van der Waals surface area contributed by atoms with Crippen LogP contribution in [-0.4, -0.2) is 101 Å². The van der Waals surface area contributed by atoms with E-state index in [1.807, 2.05) is 13.8 Å². The summed E-state index contributed by atoms with van der Waals surface area (Å²) >= 11 is 0. The second kappa shape index (κ2) is 26.7. The lowest BCUT2D eigenvalue weighted by Crippen LogP contribution is -2.24. The van der Waals surface area contributed by atoms with Gasteiger partial charge < -0.3 is 42.6 Å². The molecule has 0 saturated heterocycles. The van der Waals surface area contributed by atoms with Crippen LogP contribution in [0.3, 0.4) is 0 Å². The van der Waals surface area contributed by atoms with Crippen molar-refractivity contribution in [3.63, 3.8) is 0 Å². The van der Waals surface area contributed by atoms with Crippen LogP contribution in [0.5, 0.6) is 11.5 Å². The van der Waals surface area contributed by atoms with E-state index in [9.17, 15) is 38.4 Å². The third-order valence-electron chi connectivity index (χ3n) is 9.67. The van der Waals surface area contributed by atoms with Crippen LogP contribution in [0.25, 0.3) is 21.5 Å². The van der Waals surface area contributed by atoms with Crippen molar-refractivity contribution in [2.24, 2.45) is 0 Å².